The summed E-state index contributed by atoms with van der Waals surface area (Å²) in [6, 6.07) is 0. The summed E-state index contributed by atoms with van der Waals surface area (Å²) in [5, 5.41) is 11.0. The second-order valence-corrected chi connectivity index (χ2v) is 13.9. The largest absolute Gasteiger partial charge is 0.480 e. The number of ether oxygens (including phenoxy) is 1. The number of carboxylic acid groups (broad SMARTS) is 1. The first-order chi connectivity index (χ1) is 23.0. The number of rotatable bonds is 37. The van der Waals surface area contributed by atoms with E-state index in [1.807, 2.05) is 0 Å². The summed E-state index contributed by atoms with van der Waals surface area (Å²) in [7, 11) is 0. The predicted molar refractivity (Wildman–Crippen MR) is 199 cm³/mol. The quantitative estimate of drug-likeness (QED) is 0.0392. The van der Waals surface area contributed by atoms with Crippen molar-refractivity contribution in [2.75, 3.05) is 6.54 Å². The Morgan fingerprint density at radius 2 is 0.957 bits per heavy atom. The molecular formula is C41H77NO5. The van der Waals surface area contributed by atoms with E-state index >= 15 is 0 Å². The van der Waals surface area contributed by atoms with Crippen LogP contribution in [0.25, 0.3) is 0 Å². The van der Waals surface area contributed by atoms with Crippen LogP contribution in [0.15, 0.2) is 12.2 Å². The molecule has 0 saturated heterocycles. The van der Waals surface area contributed by atoms with E-state index in [4.69, 9.17) is 9.84 Å². The third-order valence-corrected chi connectivity index (χ3v) is 9.17. The maximum absolute atomic E-state index is 12.7. The van der Waals surface area contributed by atoms with Crippen molar-refractivity contribution in [1.82, 2.24) is 5.32 Å². The Bertz CT molecular complexity index is 737. The molecule has 0 aliphatic heterocycles. The molecule has 0 bridgehead atoms. The van der Waals surface area contributed by atoms with Gasteiger partial charge in [0.1, 0.15) is 12.6 Å². The molecular weight excluding hydrogens is 586 g/mol. The molecule has 6 heteroatoms. The van der Waals surface area contributed by atoms with Crippen molar-refractivity contribution < 1.29 is 24.2 Å². The lowest BCUT2D eigenvalue weighted by atomic mass is 10.0. The Labute approximate surface area is 291 Å². The van der Waals surface area contributed by atoms with E-state index in [9.17, 15) is 14.4 Å². The Hall–Kier alpha value is -1.85. The Morgan fingerprint density at radius 1 is 0.553 bits per heavy atom. The van der Waals surface area contributed by atoms with Crippen molar-refractivity contribution in [3.63, 3.8) is 0 Å². The Kier molecular flexibility index (Phi) is 35.5. The highest BCUT2D eigenvalue weighted by Gasteiger charge is 2.12. The zero-order valence-electron chi connectivity index (χ0n) is 31.1. The summed E-state index contributed by atoms with van der Waals surface area (Å²) >= 11 is 0. The number of allylic oxidation sites excluding steroid dienone is 1. The number of unbranched alkanes of at least 4 members (excludes halogenated alkanes) is 26. The summed E-state index contributed by atoms with van der Waals surface area (Å²) in [5.41, 5.74) is 0. The van der Waals surface area contributed by atoms with Gasteiger partial charge < -0.3 is 15.2 Å². The summed E-state index contributed by atoms with van der Waals surface area (Å²) < 4.78 is 5.94. The zero-order chi connectivity index (χ0) is 34.5. The molecule has 6 nitrogen and oxygen atoms in total. The van der Waals surface area contributed by atoms with Crippen LogP contribution in [-0.4, -0.2) is 35.6 Å². The third-order valence-electron chi connectivity index (χ3n) is 9.17. The van der Waals surface area contributed by atoms with Gasteiger partial charge in [0.2, 0.25) is 5.91 Å². The standard InChI is InChI=1S/C41H77NO5/c1-3-5-7-9-11-13-14-15-16-17-18-20-22-28-32-36-41(46)47-38(33-29-25-21-19-12-10-8-6-4-2)34-30-26-23-24-27-31-35-39(43)42-37-40(44)45/h29,33,38H,3-28,30-32,34-37H2,1-2H3,(H,42,43)(H,44,45)/b33-29-. The van der Waals surface area contributed by atoms with Gasteiger partial charge in [-0.15, -0.1) is 0 Å². The van der Waals surface area contributed by atoms with Gasteiger partial charge in [-0.05, 0) is 44.6 Å². The average Bonchev–Trinajstić information content (AvgIpc) is 3.05. The minimum atomic E-state index is -1.01. The molecule has 0 radical (unpaired) electrons. The molecule has 0 aromatic heterocycles. The summed E-state index contributed by atoms with van der Waals surface area (Å²) in [6.45, 7) is 4.23. The lowest BCUT2D eigenvalue weighted by Crippen LogP contribution is -2.28. The molecule has 0 aromatic rings. The number of hydrogen-bond donors (Lipinski definition) is 2. The lowest BCUT2D eigenvalue weighted by Gasteiger charge is -2.15. The molecule has 47 heavy (non-hydrogen) atoms. The van der Waals surface area contributed by atoms with Gasteiger partial charge in [0, 0.05) is 12.8 Å². The van der Waals surface area contributed by atoms with Gasteiger partial charge in [0.05, 0.1) is 0 Å². The smallest absolute Gasteiger partial charge is 0.322 e. The first-order valence-electron chi connectivity index (χ1n) is 20.3. The molecule has 0 rings (SSSR count). The van der Waals surface area contributed by atoms with Gasteiger partial charge >= 0.3 is 11.9 Å². The van der Waals surface area contributed by atoms with Crippen LogP contribution < -0.4 is 5.32 Å². The highest BCUT2D eigenvalue weighted by molar-refractivity contribution is 5.80. The molecule has 1 amide bonds. The second kappa shape index (κ2) is 37.0. The molecule has 0 heterocycles. The minimum absolute atomic E-state index is 0.0496. The fourth-order valence-corrected chi connectivity index (χ4v) is 6.13. The minimum Gasteiger partial charge on any atom is -0.480 e. The van der Waals surface area contributed by atoms with E-state index in [2.05, 4.69) is 31.3 Å². The number of carboxylic acids is 1. The fraction of sp³-hybridized carbons (Fsp3) is 0.878. The van der Waals surface area contributed by atoms with Crippen molar-refractivity contribution >= 4 is 17.8 Å². The molecule has 2 N–H and O–H groups in total. The van der Waals surface area contributed by atoms with Crippen molar-refractivity contribution in [2.24, 2.45) is 0 Å². The fourth-order valence-electron chi connectivity index (χ4n) is 6.13. The third kappa shape index (κ3) is 36.8. The molecule has 0 saturated carbocycles. The van der Waals surface area contributed by atoms with E-state index in [1.54, 1.807) is 0 Å². The van der Waals surface area contributed by atoms with Crippen LogP contribution in [0, 0.1) is 0 Å². The van der Waals surface area contributed by atoms with Crippen LogP contribution in [0.3, 0.4) is 0 Å². The summed E-state index contributed by atoms with van der Waals surface area (Å²) in [5.74, 6) is -1.25. The monoisotopic (exact) mass is 664 g/mol. The van der Waals surface area contributed by atoms with Crippen LogP contribution in [0.4, 0.5) is 0 Å². The van der Waals surface area contributed by atoms with Crippen molar-refractivity contribution in [1.29, 1.82) is 0 Å². The molecule has 276 valence electrons. The van der Waals surface area contributed by atoms with Gasteiger partial charge in [-0.1, -0.05) is 174 Å². The summed E-state index contributed by atoms with van der Waals surface area (Å²) in [4.78, 5) is 34.8. The van der Waals surface area contributed by atoms with Crippen LogP contribution in [0.1, 0.15) is 219 Å². The summed E-state index contributed by atoms with van der Waals surface area (Å²) in [6.07, 6.45) is 42.0. The molecule has 0 spiro atoms. The van der Waals surface area contributed by atoms with Crippen molar-refractivity contribution in [2.45, 2.75) is 225 Å². The van der Waals surface area contributed by atoms with Gasteiger partial charge in [-0.25, -0.2) is 0 Å². The van der Waals surface area contributed by atoms with E-state index in [0.717, 1.165) is 64.2 Å². The number of hydrogen-bond acceptors (Lipinski definition) is 4. The van der Waals surface area contributed by atoms with Crippen molar-refractivity contribution in [3.8, 4) is 0 Å². The number of amides is 1. The number of esters is 1. The lowest BCUT2D eigenvalue weighted by molar-refractivity contribution is -0.147. The van der Waals surface area contributed by atoms with E-state index < -0.39 is 5.97 Å². The van der Waals surface area contributed by atoms with Crippen LogP contribution in [0.2, 0.25) is 0 Å². The molecule has 0 aliphatic carbocycles. The van der Waals surface area contributed by atoms with E-state index in [0.29, 0.717) is 12.8 Å². The number of nitrogens with one attached hydrogen (secondary N) is 1. The molecule has 1 atom stereocenters. The maximum Gasteiger partial charge on any atom is 0.322 e. The van der Waals surface area contributed by atoms with Gasteiger partial charge in [-0.2, -0.15) is 0 Å². The second-order valence-electron chi connectivity index (χ2n) is 13.9. The number of aliphatic carboxylic acids is 1. The Morgan fingerprint density at radius 3 is 1.43 bits per heavy atom. The molecule has 0 fully saturated rings. The number of carbonyl (C=O) groups excluding carboxylic acids is 2. The van der Waals surface area contributed by atoms with E-state index in [-0.39, 0.29) is 24.5 Å². The highest BCUT2D eigenvalue weighted by Crippen LogP contribution is 2.17. The first-order valence-corrected chi connectivity index (χ1v) is 20.3. The zero-order valence-corrected chi connectivity index (χ0v) is 31.1. The van der Waals surface area contributed by atoms with Crippen LogP contribution >= 0.6 is 0 Å². The Balaban J connectivity index is 4.12. The first kappa shape index (κ1) is 45.2. The molecule has 1 unspecified atom stereocenters. The van der Waals surface area contributed by atoms with E-state index in [1.165, 1.54) is 128 Å². The molecule has 0 aliphatic rings. The molecule has 0 aromatic carbocycles. The average molecular weight is 664 g/mol. The van der Waals surface area contributed by atoms with Gasteiger partial charge in [0.15, 0.2) is 0 Å². The number of carbonyl (C=O) groups is 3. The van der Waals surface area contributed by atoms with Gasteiger partial charge in [-0.3, -0.25) is 14.4 Å². The maximum atomic E-state index is 12.7. The predicted octanol–water partition coefficient (Wildman–Crippen LogP) is 12.2. The van der Waals surface area contributed by atoms with Crippen LogP contribution in [-0.2, 0) is 19.1 Å². The highest BCUT2D eigenvalue weighted by atomic mass is 16.5. The topological polar surface area (TPSA) is 92.7 Å². The van der Waals surface area contributed by atoms with Crippen LogP contribution in [0.5, 0.6) is 0 Å². The van der Waals surface area contributed by atoms with Gasteiger partial charge in [0.25, 0.3) is 0 Å². The normalized spacial score (nSPS) is 12.0. The SMILES string of the molecule is CCCCCCCCC/C=C\C(CCCCCCCCC(=O)NCC(=O)O)OC(=O)CCCCCCCCCCCCCCCCC. The van der Waals surface area contributed by atoms with Crippen molar-refractivity contribution in [3.05, 3.63) is 12.2 Å².